The molecule has 0 bridgehead atoms. The van der Waals surface area contributed by atoms with Crippen LogP contribution in [0.3, 0.4) is 0 Å². The average Bonchev–Trinajstić information content (AvgIpc) is 3.57. The van der Waals surface area contributed by atoms with Gasteiger partial charge in [-0.3, -0.25) is 4.68 Å². The quantitative estimate of drug-likeness (QED) is 0.375. The summed E-state index contributed by atoms with van der Waals surface area (Å²) in [5.41, 5.74) is 4.47. The second kappa shape index (κ2) is 8.98. The third-order valence-corrected chi connectivity index (χ3v) is 6.76. The maximum Gasteiger partial charge on any atom is 0.180 e. The van der Waals surface area contributed by atoms with E-state index in [1.165, 1.54) is 0 Å². The van der Waals surface area contributed by atoms with Crippen molar-refractivity contribution in [2.24, 2.45) is 7.05 Å². The van der Waals surface area contributed by atoms with Crippen molar-refractivity contribution in [3.8, 4) is 28.7 Å². The van der Waals surface area contributed by atoms with Gasteiger partial charge >= 0.3 is 0 Å². The molecule has 0 unspecified atom stereocenters. The van der Waals surface area contributed by atoms with Crippen LogP contribution in [0, 0.1) is 11.3 Å². The van der Waals surface area contributed by atoms with Crippen LogP contribution in [0.2, 0.25) is 5.02 Å². The second-order valence-electron chi connectivity index (χ2n) is 8.71. The van der Waals surface area contributed by atoms with E-state index in [2.05, 4.69) is 53.1 Å². The molecular formula is C26H22ClN9. The lowest BCUT2D eigenvalue weighted by atomic mass is 10.1. The van der Waals surface area contributed by atoms with Crippen molar-refractivity contribution in [3.05, 3.63) is 83.0 Å². The van der Waals surface area contributed by atoms with E-state index in [9.17, 15) is 5.26 Å². The molecule has 5 heterocycles. The number of fused-ring (bicyclic) bond motifs is 3. The van der Waals surface area contributed by atoms with Crippen LogP contribution >= 0.6 is 11.6 Å². The molecule has 0 saturated heterocycles. The van der Waals surface area contributed by atoms with Gasteiger partial charge in [0.1, 0.15) is 17.5 Å². The first-order valence-corrected chi connectivity index (χ1v) is 12.0. The van der Waals surface area contributed by atoms with Crippen molar-refractivity contribution >= 4 is 23.2 Å². The first-order valence-electron chi connectivity index (χ1n) is 11.6. The van der Waals surface area contributed by atoms with Gasteiger partial charge in [0.25, 0.3) is 0 Å². The molecule has 4 aromatic heterocycles. The molecule has 0 amide bonds. The summed E-state index contributed by atoms with van der Waals surface area (Å²) in [7, 11) is 1.87. The summed E-state index contributed by atoms with van der Waals surface area (Å²) in [6.45, 7) is 1.67. The predicted molar refractivity (Wildman–Crippen MR) is 137 cm³/mol. The van der Waals surface area contributed by atoms with E-state index >= 15 is 0 Å². The lowest BCUT2D eigenvalue weighted by Crippen LogP contribution is -2.06. The Kier molecular flexibility index (Phi) is 5.51. The highest BCUT2D eigenvalue weighted by Gasteiger charge is 2.22. The summed E-state index contributed by atoms with van der Waals surface area (Å²) >= 11 is 6.59. The summed E-state index contributed by atoms with van der Waals surface area (Å²) in [5.74, 6) is 3.19. The average molecular weight is 496 g/mol. The van der Waals surface area contributed by atoms with Gasteiger partial charge in [0, 0.05) is 56.1 Å². The number of anilines is 2. The summed E-state index contributed by atoms with van der Waals surface area (Å²) in [6.07, 6.45) is 7.00. The van der Waals surface area contributed by atoms with Gasteiger partial charge in [-0.1, -0.05) is 29.8 Å². The van der Waals surface area contributed by atoms with Crippen LogP contribution in [0.25, 0.3) is 22.6 Å². The Morgan fingerprint density at radius 1 is 1.14 bits per heavy atom. The summed E-state index contributed by atoms with van der Waals surface area (Å²) in [5, 5.41) is 26.6. The van der Waals surface area contributed by atoms with Crippen molar-refractivity contribution in [1.29, 1.82) is 5.26 Å². The van der Waals surface area contributed by atoms with Gasteiger partial charge < -0.3 is 14.5 Å². The minimum atomic E-state index is 0.559. The van der Waals surface area contributed by atoms with Gasteiger partial charge in [0.15, 0.2) is 5.82 Å². The van der Waals surface area contributed by atoms with Gasteiger partial charge in [-0.25, -0.2) is 4.98 Å². The Hall–Kier alpha value is -4.42. The molecule has 0 saturated carbocycles. The van der Waals surface area contributed by atoms with E-state index in [-0.39, 0.29) is 0 Å². The second-order valence-corrected chi connectivity index (χ2v) is 9.12. The molecule has 1 aromatic carbocycles. The van der Waals surface area contributed by atoms with E-state index in [4.69, 9.17) is 11.6 Å². The van der Waals surface area contributed by atoms with Crippen molar-refractivity contribution in [2.45, 2.75) is 25.9 Å². The van der Waals surface area contributed by atoms with Crippen LogP contribution in [0.4, 0.5) is 11.6 Å². The topological polar surface area (TPSA) is 102 Å². The monoisotopic (exact) mass is 495 g/mol. The fraction of sp³-hybridized carbons (Fsp3) is 0.192. The Labute approximate surface area is 212 Å². The van der Waals surface area contributed by atoms with Crippen LogP contribution < -0.4 is 5.32 Å². The molecule has 0 aliphatic carbocycles. The highest BCUT2D eigenvalue weighted by Crippen LogP contribution is 2.35. The molecule has 5 aromatic rings. The maximum atomic E-state index is 9.48. The number of aromatic nitrogens is 7. The highest BCUT2D eigenvalue weighted by molar-refractivity contribution is 6.33. The summed E-state index contributed by atoms with van der Waals surface area (Å²) in [4.78, 5) is 4.43. The zero-order valence-electron chi connectivity index (χ0n) is 19.6. The van der Waals surface area contributed by atoms with Gasteiger partial charge in [0.2, 0.25) is 0 Å². The first kappa shape index (κ1) is 22.1. The van der Waals surface area contributed by atoms with E-state index in [0.717, 1.165) is 59.4 Å². The highest BCUT2D eigenvalue weighted by atomic mass is 35.5. The molecule has 0 spiro atoms. The Bertz CT molecular complexity index is 1620. The number of hydrogen-bond acceptors (Lipinski definition) is 6. The van der Waals surface area contributed by atoms with Crippen molar-refractivity contribution in [3.63, 3.8) is 0 Å². The number of nitriles is 1. The molecule has 9 nitrogen and oxygen atoms in total. The standard InChI is InChI=1S/C26H22ClN9/c1-34-24(7-8-30-34)31-23-13-20(21(27)15-29-23)19-11-22-26-33-32-25(36(26)10-4-9-35(22)16-19)12-17-5-2-3-6-18(17)14-28/h2-3,5-8,11,13,15-16H,4,9-10,12H2,1H3,(H,29,31). The summed E-state index contributed by atoms with van der Waals surface area (Å²) < 4.78 is 6.12. The molecule has 1 N–H and O–H groups in total. The van der Waals surface area contributed by atoms with E-state index in [1.54, 1.807) is 17.1 Å². The smallest absolute Gasteiger partial charge is 0.180 e. The number of hydrogen-bond donors (Lipinski definition) is 1. The first-order chi connectivity index (χ1) is 17.6. The van der Waals surface area contributed by atoms with Crippen LogP contribution in [-0.2, 0) is 26.6 Å². The van der Waals surface area contributed by atoms with Crippen LogP contribution in [0.5, 0.6) is 0 Å². The maximum absolute atomic E-state index is 9.48. The number of pyridine rings is 1. The molecule has 1 aliphatic rings. The van der Waals surface area contributed by atoms with Gasteiger partial charge in [0.05, 0.1) is 28.5 Å². The van der Waals surface area contributed by atoms with Crippen molar-refractivity contribution < 1.29 is 0 Å². The predicted octanol–water partition coefficient (Wildman–Crippen LogP) is 4.81. The molecule has 36 heavy (non-hydrogen) atoms. The number of rotatable bonds is 5. The normalized spacial score (nSPS) is 12.5. The summed E-state index contributed by atoms with van der Waals surface area (Å²) in [6, 6.07) is 15.8. The third kappa shape index (κ3) is 3.91. The molecule has 0 fully saturated rings. The zero-order chi connectivity index (χ0) is 24.6. The van der Waals surface area contributed by atoms with Gasteiger partial charge in [-0.05, 0) is 30.2 Å². The van der Waals surface area contributed by atoms with E-state index in [0.29, 0.717) is 22.8 Å². The minimum Gasteiger partial charge on any atom is -0.344 e. The number of nitrogens with one attached hydrogen (secondary N) is 1. The fourth-order valence-electron chi connectivity index (χ4n) is 4.63. The Morgan fingerprint density at radius 3 is 2.86 bits per heavy atom. The van der Waals surface area contributed by atoms with Gasteiger partial charge in [-0.15, -0.1) is 10.2 Å². The zero-order valence-corrected chi connectivity index (χ0v) is 20.3. The molecule has 6 rings (SSSR count). The van der Waals surface area contributed by atoms with Crippen LogP contribution in [0.15, 0.2) is 61.1 Å². The number of halogens is 1. The molecule has 0 radical (unpaired) electrons. The number of aryl methyl sites for hydroxylation is 2. The van der Waals surface area contributed by atoms with Crippen molar-refractivity contribution in [1.82, 2.24) is 34.1 Å². The lowest BCUT2D eigenvalue weighted by molar-refractivity contribution is 0.580. The third-order valence-electron chi connectivity index (χ3n) is 6.46. The molecule has 0 atom stereocenters. The Balaban J connectivity index is 1.35. The number of benzene rings is 1. The SMILES string of the molecule is Cn1nccc1Nc1cc(-c2cc3n(c2)CCCn2c(Cc4ccccc4C#N)nnc2-3)c(Cl)cn1. The number of nitrogens with zero attached hydrogens (tertiary/aromatic N) is 8. The largest absolute Gasteiger partial charge is 0.344 e. The van der Waals surface area contributed by atoms with E-state index in [1.807, 2.05) is 43.4 Å². The minimum absolute atomic E-state index is 0.559. The lowest BCUT2D eigenvalue weighted by Gasteiger charge is -2.09. The van der Waals surface area contributed by atoms with E-state index < -0.39 is 0 Å². The van der Waals surface area contributed by atoms with Crippen LogP contribution in [0.1, 0.15) is 23.4 Å². The fourth-order valence-corrected chi connectivity index (χ4v) is 4.84. The molecule has 178 valence electrons. The van der Waals surface area contributed by atoms with Gasteiger partial charge in [-0.2, -0.15) is 10.4 Å². The molecule has 10 heteroatoms. The molecular weight excluding hydrogens is 474 g/mol. The Morgan fingerprint density at radius 2 is 2.03 bits per heavy atom. The van der Waals surface area contributed by atoms with Crippen LogP contribution in [-0.4, -0.2) is 34.1 Å². The van der Waals surface area contributed by atoms with Crippen molar-refractivity contribution in [2.75, 3.05) is 5.32 Å². The molecule has 1 aliphatic heterocycles.